The first kappa shape index (κ1) is 24.1. The second-order valence-electron chi connectivity index (χ2n) is 9.46. The molecular formula is C35H27N3O. The monoisotopic (exact) mass is 505 g/mol. The first-order valence-electron chi connectivity index (χ1n) is 12.9. The van der Waals surface area contributed by atoms with E-state index in [1.165, 1.54) is 22.3 Å². The molecule has 39 heavy (non-hydrogen) atoms. The largest absolute Gasteiger partial charge is 0.351 e. The van der Waals surface area contributed by atoms with Gasteiger partial charge in [0.2, 0.25) is 0 Å². The number of aromatic nitrogens is 3. The van der Waals surface area contributed by atoms with Gasteiger partial charge < -0.3 is 4.98 Å². The number of rotatable bonds is 6. The molecule has 4 aromatic carbocycles. The molecule has 0 aliphatic carbocycles. The summed E-state index contributed by atoms with van der Waals surface area (Å²) in [6.45, 7) is 1.74. The van der Waals surface area contributed by atoms with Crippen LogP contribution in [0.25, 0.3) is 52.4 Å². The Hall–Kier alpha value is -5.22. The van der Waals surface area contributed by atoms with Crippen molar-refractivity contribution in [2.75, 3.05) is 0 Å². The smallest absolute Gasteiger partial charge is 0.277 e. The minimum absolute atomic E-state index is 0.109. The van der Waals surface area contributed by atoms with Crippen LogP contribution in [0.15, 0.2) is 120 Å². The standard InChI is InChI=1S/C35H27N3O/c1-25-35(39)38-24-32(22-16-26-12-18-30(19-13-26)28-8-4-2-5-9-28)37-33(34(38)36-25)23-17-27-14-20-31(21-15-27)29-10-6-3-7-11-29/h2-24,37H,1H3/b22-16+,23-17+. The number of benzene rings is 4. The van der Waals surface area contributed by atoms with Gasteiger partial charge in [0.15, 0.2) is 5.82 Å². The van der Waals surface area contributed by atoms with Crippen LogP contribution in [-0.4, -0.2) is 14.5 Å². The minimum atomic E-state index is -0.109. The van der Waals surface area contributed by atoms with E-state index < -0.39 is 0 Å². The van der Waals surface area contributed by atoms with Crippen LogP contribution in [0.1, 0.15) is 28.2 Å². The lowest BCUT2D eigenvalue weighted by Crippen LogP contribution is -2.15. The second kappa shape index (κ2) is 10.6. The SMILES string of the molecule is Cc1nc2c(/C=C/c3ccc(-c4ccccc4)cc3)[nH]c(/C=C/c3ccc(-c4ccccc4)cc3)cn-2c1=O. The first-order chi connectivity index (χ1) is 19.1. The van der Waals surface area contributed by atoms with Gasteiger partial charge in [-0.25, -0.2) is 4.98 Å². The van der Waals surface area contributed by atoms with Gasteiger partial charge in [0.1, 0.15) is 5.69 Å². The van der Waals surface area contributed by atoms with Gasteiger partial charge in [0.25, 0.3) is 5.56 Å². The lowest BCUT2D eigenvalue weighted by atomic mass is 10.0. The van der Waals surface area contributed by atoms with Gasteiger partial charge in [-0.3, -0.25) is 9.36 Å². The summed E-state index contributed by atoms with van der Waals surface area (Å²) in [7, 11) is 0. The van der Waals surface area contributed by atoms with Crippen LogP contribution in [0.2, 0.25) is 0 Å². The number of nitrogens with one attached hydrogen (secondary N) is 1. The number of aromatic amines is 1. The Bertz CT molecular complexity index is 1790. The third-order valence-corrected chi connectivity index (χ3v) is 6.75. The molecule has 0 amide bonds. The Morgan fingerprint density at radius 2 is 1.10 bits per heavy atom. The van der Waals surface area contributed by atoms with E-state index in [2.05, 4.69) is 82.8 Å². The van der Waals surface area contributed by atoms with Crippen LogP contribution in [-0.2, 0) is 0 Å². The van der Waals surface area contributed by atoms with E-state index in [0.717, 1.165) is 22.5 Å². The summed E-state index contributed by atoms with van der Waals surface area (Å²) in [6.07, 6.45) is 9.84. The van der Waals surface area contributed by atoms with E-state index in [0.29, 0.717) is 11.5 Å². The molecule has 2 aliphatic rings. The van der Waals surface area contributed by atoms with E-state index in [1.54, 1.807) is 17.7 Å². The molecule has 2 heterocycles. The Kier molecular flexibility index (Phi) is 6.59. The molecule has 4 aromatic rings. The molecule has 0 fully saturated rings. The average molecular weight is 506 g/mol. The lowest BCUT2D eigenvalue weighted by molar-refractivity contribution is 0.954. The predicted molar refractivity (Wildman–Crippen MR) is 162 cm³/mol. The van der Waals surface area contributed by atoms with Gasteiger partial charge in [-0.15, -0.1) is 0 Å². The number of fused-ring (bicyclic) bond motifs is 1. The van der Waals surface area contributed by atoms with Crippen molar-refractivity contribution in [3.8, 4) is 28.1 Å². The van der Waals surface area contributed by atoms with Crippen molar-refractivity contribution in [3.63, 3.8) is 0 Å². The third-order valence-electron chi connectivity index (χ3n) is 6.75. The summed E-state index contributed by atoms with van der Waals surface area (Å²) in [4.78, 5) is 20.7. The van der Waals surface area contributed by atoms with E-state index in [-0.39, 0.29) is 5.56 Å². The number of hydrogen-bond acceptors (Lipinski definition) is 2. The Labute approximate surface area is 227 Å². The highest BCUT2D eigenvalue weighted by Crippen LogP contribution is 2.23. The molecule has 0 unspecified atom stereocenters. The van der Waals surface area contributed by atoms with Crippen LogP contribution in [0.4, 0.5) is 0 Å². The molecule has 6 rings (SSSR count). The van der Waals surface area contributed by atoms with Crippen molar-refractivity contribution in [2.24, 2.45) is 0 Å². The zero-order valence-corrected chi connectivity index (χ0v) is 21.6. The van der Waals surface area contributed by atoms with Gasteiger partial charge in [-0.1, -0.05) is 121 Å². The predicted octanol–water partition coefficient (Wildman–Crippen LogP) is 7.98. The summed E-state index contributed by atoms with van der Waals surface area (Å²) in [5.74, 6) is 0.610. The minimum Gasteiger partial charge on any atom is -0.351 e. The second-order valence-corrected chi connectivity index (χ2v) is 9.46. The average Bonchev–Trinajstić information content (AvgIpc) is 3.29. The fourth-order valence-electron chi connectivity index (χ4n) is 4.62. The molecule has 188 valence electrons. The number of nitrogens with zero attached hydrogens (tertiary/aromatic N) is 2. The summed E-state index contributed by atoms with van der Waals surface area (Å²) in [6, 6.07) is 37.5. The molecule has 0 saturated heterocycles. The molecule has 0 spiro atoms. The van der Waals surface area contributed by atoms with E-state index in [4.69, 9.17) is 0 Å². The zero-order valence-electron chi connectivity index (χ0n) is 21.6. The molecule has 0 saturated carbocycles. The van der Waals surface area contributed by atoms with Crippen LogP contribution in [0.3, 0.4) is 0 Å². The van der Waals surface area contributed by atoms with E-state index >= 15 is 0 Å². The van der Waals surface area contributed by atoms with Crippen molar-refractivity contribution in [1.82, 2.24) is 14.5 Å². The fourth-order valence-corrected chi connectivity index (χ4v) is 4.62. The maximum Gasteiger partial charge on any atom is 0.277 e. The molecule has 0 aromatic heterocycles. The summed E-state index contributed by atoms with van der Waals surface area (Å²) in [5, 5.41) is 0. The van der Waals surface area contributed by atoms with Crippen LogP contribution >= 0.6 is 0 Å². The lowest BCUT2D eigenvalue weighted by Gasteiger charge is -2.08. The van der Waals surface area contributed by atoms with Gasteiger partial charge in [0, 0.05) is 6.20 Å². The normalized spacial score (nSPS) is 11.6. The summed E-state index contributed by atoms with van der Waals surface area (Å²) >= 11 is 0. The Morgan fingerprint density at radius 1 is 0.615 bits per heavy atom. The molecule has 0 radical (unpaired) electrons. The third kappa shape index (κ3) is 5.27. The van der Waals surface area contributed by atoms with Crippen LogP contribution in [0, 0.1) is 6.92 Å². The Balaban J connectivity index is 1.28. The highest BCUT2D eigenvalue weighted by atomic mass is 16.1. The topological polar surface area (TPSA) is 50.7 Å². The van der Waals surface area contributed by atoms with Crippen molar-refractivity contribution in [3.05, 3.63) is 154 Å². The number of imidazole rings is 1. The molecule has 0 atom stereocenters. The summed E-state index contributed by atoms with van der Waals surface area (Å²) in [5.41, 5.74) is 8.81. The van der Waals surface area contributed by atoms with E-state index in [1.807, 2.05) is 60.7 Å². The van der Waals surface area contributed by atoms with Crippen molar-refractivity contribution >= 4 is 24.3 Å². The van der Waals surface area contributed by atoms with Crippen LogP contribution < -0.4 is 5.56 Å². The van der Waals surface area contributed by atoms with Gasteiger partial charge in [0.05, 0.1) is 11.4 Å². The quantitative estimate of drug-likeness (QED) is 0.249. The highest BCUT2D eigenvalue weighted by molar-refractivity contribution is 5.75. The zero-order chi connectivity index (χ0) is 26.6. The van der Waals surface area contributed by atoms with Crippen LogP contribution in [0.5, 0.6) is 0 Å². The molecule has 4 nitrogen and oxygen atoms in total. The fraction of sp³-hybridized carbons (Fsp3) is 0.0286. The van der Waals surface area contributed by atoms with E-state index in [9.17, 15) is 4.79 Å². The highest BCUT2D eigenvalue weighted by Gasteiger charge is 2.15. The summed E-state index contributed by atoms with van der Waals surface area (Å²) < 4.78 is 1.61. The molecule has 2 aliphatic heterocycles. The number of H-pyrrole nitrogens is 1. The maximum atomic E-state index is 12.8. The van der Waals surface area contributed by atoms with Crippen molar-refractivity contribution < 1.29 is 0 Å². The van der Waals surface area contributed by atoms with Crippen molar-refractivity contribution in [2.45, 2.75) is 6.92 Å². The molecule has 4 heteroatoms. The van der Waals surface area contributed by atoms with Gasteiger partial charge in [-0.2, -0.15) is 0 Å². The molecule has 0 bridgehead atoms. The number of hydrogen-bond donors (Lipinski definition) is 1. The first-order valence-corrected chi connectivity index (χ1v) is 12.9. The number of aryl methyl sites for hydroxylation is 1. The molecule has 1 N–H and O–H groups in total. The van der Waals surface area contributed by atoms with Gasteiger partial charge >= 0.3 is 0 Å². The molecular weight excluding hydrogens is 478 g/mol. The maximum absolute atomic E-state index is 12.8. The van der Waals surface area contributed by atoms with Crippen molar-refractivity contribution in [1.29, 1.82) is 0 Å². The van der Waals surface area contributed by atoms with Gasteiger partial charge in [-0.05, 0) is 52.5 Å². The Morgan fingerprint density at radius 3 is 1.64 bits per heavy atom.